The number of morpholine rings is 1. The molecule has 5 nitrogen and oxygen atoms in total. The van der Waals surface area contributed by atoms with Crippen LogP contribution in [-0.2, 0) is 16.9 Å². The van der Waals surface area contributed by atoms with Crippen LogP contribution in [-0.4, -0.2) is 42.2 Å². The summed E-state index contributed by atoms with van der Waals surface area (Å²) in [4.78, 5) is 4.29. The molecule has 1 N–H and O–H groups in total. The lowest BCUT2D eigenvalue weighted by atomic mass is 10.2. The molecule has 2 rings (SSSR count). The molecule has 1 aliphatic rings. The molecule has 0 radical (unpaired) electrons. The van der Waals surface area contributed by atoms with E-state index in [-0.39, 0.29) is 6.10 Å². The van der Waals surface area contributed by atoms with E-state index in [0.717, 1.165) is 31.3 Å². The van der Waals surface area contributed by atoms with Crippen LogP contribution in [0.15, 0.2) is 4.52 Å². The van der Waals surface area contributed by atoms with Crippen molar-refractivity contribution in [3.63, 3.8) is 0 Å². The molecule has 1 atom stereocenters. The number of hydrogen-bond donors (Lipinski definition) is 1. The Morgan fingerprint density at radius 2 is 2.53 bits per heavy atom. The van der Waals surface area contributed by atoms with Crippen LogP contribution in [0.1, 0.15) is 11.7 Å². The number of thioether (sulfide) groups is 1. The van der Waals surface area contributed by atoms with Crippen LogP contribution in [0, 0.1) is 0 Å². The lowest BCUT2D eigenvalue weighted by molar-refractivity contribution is 0.0246. The van der Waals surface area contributed by atoms with Crippen molar-refractivity contribution < 1.29 is 9.26 Å². The highest BCUT2D eigenvalue weighted by Gasteiger charge is 2.17. The predicted octanol–water partition coefficient (Wildman–Crippen LogP) is 0.463. The quantitative estimate of drug-likeness (QED) is 0.809. The van der Waals surface area contributed by atoms with Gasteiger partial charge in [0.15, 0.2) is 5.82 Å². The summed E-state index contributed by atoms with van der Waals surface area (Å²) in [6.07, 6.45) is 2.89. The average Bonchev–Trinajstić information content (AvgIpc) is 2.68. The molecule has 1 unspecified atom stereocenters. The Labute approximate surface area is 93.0 Å². The van der Waals surface area contributed by atoms with Gasteiger partial charge in [-0.05, 0) is 6.26 Å². The molecular weight excluding hydrogens is 214 g/mol. The van der Waals surface area contributed by atoms with E-state index in [9.17, 15) is 0 Å². The van der Waals surface area contributed by atoms with Crippen LogP contribution in [0.5, 0.6) is 0 Å². The summed E-state index contributed by atoms with van der Waals surface area (Å²) in [5.74, 6) is 2.24. The predicted molar refractivity (Wildman–Crippen MR) is 57.8 cm³/mol. The molecule has 1 aromatic rings. The number of rotatable bonds is 4. The van der Waals surface area contributed by atoms with Gasteiger partial charge < -0.3 is 14.6 Å². The Morgan fingerprint density at radius 3 is 3.27 bits per heavy atom. The van der Waals surface area contributed by atoms with Gasteiger partial charge in [-0.15, -0.1) is 0 Å². The van der Waals surface area contributed by atoms with E-state index in [1.54, 1.807) is 11.8 Å². The molecule has 1 saturated heterocycles. The van der Waals surface area contributed by atoms with E-state index in [2.05, 4.69) is 15.5 Å². The van der Waals surface area contributed by atoms with Crippen molar-refractivity contribution in [1.29, 1.82) is 0 Å². The minimum atomic E-state index is 0.168. The third-order valence-electron chi connectivity index (χ3n) is 2.19. The summed E-state index contributed by atoms with van der Waals surface area (Å²) in [7, 11) is 0. The van der Waals surface area contributed by atoms with Crippen LogP contribution in [0.2, 0.25) is 0 Å². The van der Waals surface area contributed by atoms with Crippen LogP contribution in [0.25, 0.3) is 0 Å². The third-order valence-corrected chi connectivity index (χ3v) is 2.74. The Balaban J connectivity index is 1.86. The fourth-order valence-electron chi connectivity index (χ4n) is 1.51. The summed E-state index contributed by atoms with van der Waals surface area (Å²) in [6.45, 7) is 2.55. The zero-order valence-electron chi connectivity index (χ0n) is 8.73. The molecule has 1 aromatic heterocycles. The van der Waals surface area contributed by atoms with Crippen molar-refractivity contribution in [2.24, 2.45) is 0 Å². The smallest absolute Gasteiger partial charge is 0.229 e. The van der Waals surface area contributed by atoms with Gasteiger partial charge in [-0.1, -0.05) is 5.16 Å². The lowest BCUT2D eigenvalue weighted by Gasteiger charge is -2.21. The van der Waals surface area contributed by atoms with Gasteiger partial charge in [-0.2, -0.15) is 16.7 Å². The Hall–Kier alpha value is -0.590. The minimum Gasteiger partial charge on any atom is -0.375 e. The molecular formula is C9H15N3O2S. The Morgan fingerprint density at radius 1 is 1.60 bits per heavy atom. The van der Waals surface area contributed by atoms with Gasteiger partial charge in [0.1, 0.15) is 0 Å². The fourth-order valence-corrected chi connectivity index (χ4v) is 1.88. The molecule has 1 aliphatic heterocycles. The van der Waals surface area contributed by atoms with Crippen molar-refractivity contribution in [2.45, 2.75) is 18.3 Å². The van der Waals surface area contributed by atoms with Gasteiger partial charge >= 0.3 is 0 Å². The Bertz CT molecular complexity index is 299. The van der Waals surface area contributed by atoms with E-state index >= 15 is 0 Å². The fraction of sp³-hybridized carbons (Fsp3) is 0.778. The monoisotopic (exact) mass is 229 g/mol. The molecule has 0 aromatic carbocycles. The molecule has 15 heavy (non-hydrogen) atoms. The topological polar surface area (TPSA) is 60.2 Å². The molecule has 84 valence electrons. The van der Waals surface area contributed by atoms with E-state index in [4.69, 9.17) is 9.26 Å². The first kappa shape index (κ1) is 10.9. The van der Waals surface area contributed by atoms with E-state index < -0.39 is 0 Å². The van der Waals surface area contributed by atoms with Gasteiger partial charge in [-0.25, -0.2) is 0 Å². The van der Waals surface area contributed by atoms with Crippen molar-refractivity contribution in [3.05, 3.63) is 11.7 Å². The van der Waals surface area contributed by atoms with Crippen LogP contribution < -0.4 is 5.32 Å². The summed E-state index contributed by atoms with van der Waals surface area (Å²) in [6, 6.07) is 0. The van der Waals surface area contributed by atoms with Gasteiger partial charge in [-0.3, -0.25) is 0 Å². The second-order valence-electron chi connectivity index (χ2n) is 3.44. The highest BCUT2D eigenvalue weighted by molar-refractivity contribution is 7.97. The maximum Gasteiger partial charge on any atom is 0.229 e. The van der Waals surface area contributed by atoms with Crippen molar-refractivity contribution >= 4 is 11.8 Å². The maximum atomic E-state index is 5.56. The number of nitrogens with zero attached hydrogens (tertiary/aromatic N) is 2. The SMILES string of the molecule is CSCc1noc(CC2CNCCO2)n1. The van der Waals surface area contributed by atoms with Crippen molar-refractivity contribution in [2.75, 3.05) is 26.0 Å². The highest BCUT2D eigenvalue weighted by Crippen LogP contribution is 2.09. The first-order chi connectivity index (χ1) is 7.38. The van der Waals surface area contributed by atoms with Gasteiger partial charge in [0.25, 0.3) is 0 Å². The molecule has 0 aliphatic carbocycles. The van der Waals surface area contributed by atoms with Crippen molar-refractivity contribution in [1.82, 2.24) is 15.5 Å². The summed E-state index contributed by atoms with van der Waals surface area (Å²) in [5, 5.41) is 7.16. The molecule has 2 heterocycles. The standard InChI is InChI=1S/C9H15N3O2S/c1-15-6-8-11-9(14-12-8)4-7-5-10-2-3-13-7/h7,10H,2-6H2,1H3. The Kier molecular flexibility index (Phi) is 3.99. The van der Waals surface area contributed by atoms with Crippen LogP contribution in [0.4, 0.5) is 0 Å². The molecule has 1 fully saturated rings. The van der Waals surface area contributed by atoms with Crippen LogP contribution >= 0.6 is 11.8 Å². The number of hydrogen-bond acceptors (Lipinski definition) is 6. The van der Waals surface area contributed by atoms with Gasteiger partial charge in [0.05, 0.1) is 24.9 Å². The third kappa shape index (κ3) is 3.19. The molecule has 0 bridgehead atoms. The van der Waals surface area contributed by atoms with Crippen molar-refractivity contribution in [3.8, 4) is 0 Å². The summed E-state index contributed by atoms with van der Waals surface area (Å²) < 4.78 is 10.7. The molecule has 0 spiro atoms. The average molecular weight is 229 g/mol. The molecule has 0 amide bonds. The zero-order chi connectivity index (χ0) is 10.5. The second kappa shape index (κ2) is 5.48. The normalized spacial score (nSPS) is 21.8. The molecule has 0 saturated carbocycles. The first-order valence-electron chi connectivity index (χ1n) is 5.01. The second-order valence-corrected chi connectivity index (χ2v) is 4.30. The molecule has 6 heteroatoms. The summed E-state index contributed by atoms with van der Waals surface area (Å²) >= 11 is 1.69. The lowest BCUT2D eigenvalue weighted by Crippen LogP contribution is -2.39. The maximum absolute atomic E-state index is 5.56. The number of ether oxygens (including phenoxy) is 1. The van der Waals surface area contributed by atoms with E-state index in [1.165, 1.54) is 0 Å². The first-order valence-corrected chi connectivity index (χ1v) is 6.40. The van der Waals surface area contributed by atoms with E-state index in [1.807, 2.05) is 6.26 Å². The van der Waals surface area contributed by atoms with Crippen LogP contribution in [0.3, 0.4) is 0 Å². The number of aromatic nitrogens is 2. The zero-order valence-corrected chi connectivity index (χ0v) is 9.55. The number of nitrogens with one attached hydrogen (secondary N) is 1. The highest BCUT2D eigenvalue weighted by atomic mass is 32.2. The largest absolute Gasteiger partial charge is 0.375 e. The van der Waals surface area contributed by atoms with Gasteiger partial charge in [0, 0.05) is 13.1 Å². The summed E-state index contributed by atoms with van der Waals surface area (Å²) in [5.41, 5.74) is 0. The van der Waals surface area contributed by atoms with Gasteiger partial charge in [0.2, 0.25) is 5.89 Å². The van der Waals surface area contributed by atoms with E-state index in [0.29, 0.717) is 12.3 Å². The minimum absolute atomic E-state index is 0.168.